The van der Waals surface area contributed by atoms with Gasteiger partial charge in [-0.2, -0.15) is 0 Å². The van der Waals surface area contributed by atoms with Crippen molar-refractivity contribution >= 4 is 21.7 Å². The third-order valence-electron chi connectivity index (χ3n) is 2.71. The van der Waals surface area contributed by atoms with Crippen LogP contribution in [0.25, 0.3) is 0 Å². The molecule has 16 heavy (non-hydrogen) atoms. The van der Waals surface area contributed by atoms with Crippen molar-refractivity contribution in [3.8, 4) is 0 Å². The predicted octanol–water partition coefficient (Wildman–Crippen LogP) is 4.39. The zero-order valence-electron chi connectivity index (χ0n) is 10.6. The molecule has 2 nitrogen and oxygen atoms in total. The molecule has 0 aliphatic carbocycles. The third kappa shape index (κ3) is 4.12. The molecule has 0 unspecified atom stereocenters. The molecule has 0 aliphatic heterocycles. The van der Waals surface area contributed by atoms with Gasteiger partial charge in [0, 0.05) is 17.2 Å². The molecule has 3 heteroatoms. The van der Waals surface area contributed by atoms with Crippen molar-refractivity contribution in [1.82, 2.24) is 4.98 Å². The van der Waals surface area contributed by atoms with Crippen LogP contribution < -0.4 is 5.32 Å². The highest BCUT2D eigenvalue weighted by molar-refractivity contribution is 9.10. The van der Waals surface area contributed by atoms with Crippen LogP contribution in [0.2, 0.25) is 0 Å². The molecule has 0 saturated carbocycles. The summed E-state index contributed by atoms with van der Waals surface area (Å²) < 4.78 is 1.03. The Hall–Kier alpha value is -0.570. The molecule has 0 bridgehead atoms. The van der Waals surface area contributed by atoms with Crippen LogP contribution in [0.4, 0.5) is 5.82 Å². The van der Waals surface area contributed by atoms with Crippen LogP contribution >= 0.6 is 15.9 Å². The van der Waals surface area contributed by atoms with Crippen molar-refractivity contribution in [3.05, 3.63) is 22.3 Å². The first-order valence-electron chi connectivity index (χ1n) is 5.80. The SMILES string of the molecule is CCCC(C)(C)CNc1ncc(Br)cc1C. The van der Waals surface area contributed by atoms with E-state index < -0.39 is 0 Å². The summed E-state index contributed by atoms with van der Waals surface area (Å²) >= 11 is 3.42. The van der Waals surface area contributed by atoms with E-state index in [0.717, 1.165) is 16.8 Å². The number of aryl methyl sites for hydroxylation is 1. The van der Waals surface area contributed by atoms with Crippen LogP contribution in [-0.4, -0.2) is 11.5 Å². The number of aromatic nitrogens is 1. The van der Waals surface area contributed by atoms with E-state index in [9.17, 15) is 0 Å². The second-order valence-corrected chi connectivity index (χ2v) is 6.00. The molecule has 1 N–H and O–H groups in total. The quantitative estimate of drug-likeness (QED) is 0.867. The van der Waals surface area contributed by atoms with E-state index >= 15 is 0 Å². The number of pyridine rings is 1. The van der Waals surface area contributed by atoms with E-state index in [4.69, 9.17) is 0 Å². The highest BCUT2D eigenvalue weighted by atomic mass is 79.9. The summed E-state index contributed by atoms with van der Waals surface area (Å²) in [5, 5.41) is 3.43. The topological polar surface area (TPSA) is 24.9 Å². The fourth-order valence-corrected chi connectivity index (χ4v) is 2.26. The highest BCUT2D eigenvalue weighted by Crippen LogP contribution is 2.24. The van der Waals surface area contributed by atoms with Crippen LogP contribution in [0.1, 0.15) is 39.2 Å². The zero-order chi connectivity index (χ0) is 12.2. The molecule has 0 atom stereocenters. The zero-order valence-corrected chi connectivity index (χ0v) is 12.2. The Bertz CT molecular complexity index is 348. The summed E-state index contributed by atoms with van der Waals surface area (Å²) in [6.07, 6.45) is 4.29. The Morgan fingerprint density at radius 3 is 2.69 bits per heavy atom. The third-order valence-corrected chi connectivity index (χ3v) is 3.14. The highest BCUT2D eigenvalue weighted by Gasteiger charge is 2.16. The molecule has 1 aromatic rings. The summed E-state index contributed by atoms with van der Waals surface area (Å²) in [6.45, 7) is 9.85. The monoisotopic (exact) mass is 284 g/mol. The predicted molar refractivity (Wildman–Crippen MR) is 73.9 cm³/mol. The largest absolute Gasteiger partial charge is 0.369 e. The van der Waals surface area contributed by atoms with E-state index in [-0.39, 0.29) is 0 Å². The molecule has 0 aliphatic rings. The van der Waals surface area contributed by atoms with Crippen molar-refractivity contribution in [2.45, 2.75) is 40.5 Å². The van der Waals surface area contributed by atoms with Crippen LogP contribution in [0.5, 0.6) is 0 Å². The lowest BCUT2D eigenvalue weighted by Crippen LogP contribution is -2.23. The molecule has 0 amide bonds. The van der Waals surface area contributed by atoms with E-state index in [1.54, 1.807) is 0 Å². The van der Waals surface area contributed by atoms with Crippen LogP contribution in [-0.2, 0) is 0 Å². The average molecular weight is 285 g/mol. The van der Waals surface area contributed by atoms with E-state index in [1.165, 1.54) is 18.4 Å². The van der Waals surface area contributed by atoms with Crippen LogP contribution in [0.3, 0.4) is 0 Å². The number of hydrogen-bond donors (Lipinski definition) is 1. The first-order valence-corrected chi connectivity index (χ1v) is 6.60. The molecule has 0 fully saturated rings. The Morgan fingerprint density at radius 1 is 1.44 bits per heavy atom. The fraction of sp³-hybridized carbons (Fsp3) is 0.615. The summed E-state index contributed by atoms with van der Waals surface area (Å²) in [6, 6.07) is 2.09. The van der Waals surface area contributed by atoms with Gasteiger partial charge >= 0.3 is 0 Å². The van der Waals surface area contributed by atoms with Gasteiger partial charge in [-0.3, -0.25) is 0 Å². The van der Waals surface area contributed by atoms with Crippen LogP contribution in [0, 0.1) is 12.3 Å². The second-order valence-electron chi connectivity index (χ2n) is 5.09. The van der Waals surface area contributed by atoms with Gasteiger partial charge in [-0.1, -0.05) is 27.2 Å². The normalized spacial score (nSPS) is 11.6. The Morgan fingerprint density at radius 2 is 2.12 bits per heavy atom. The minimum absolute atomic E-state index is 0.329. The molecule has 1 heterocycles. The van der Waals surface area contributed by atoms with Crippen molar-refractivity contribution in [1.29, 1.82) is 0 Å². The Kier molecular flexibility index (Phi) is 4.78. The first-order chi connectivity index (χ1) is 7.44. The van der Waals surface area contributed by atoms with Crippen molar-refractivity contribution in [2.75, 3.05) is 11.9 Å². The van der Waals surface area contributed by atoms with Gasteiger partial charge in [0.2, 0.25) is 0 Å². The lowest BCUT2D eigenvalue weighted by atomic mass is 9.88. The van der Waals surface area contributed by atoms with Crippen molar-refractivity contribution < 1.29 is 0 Å². The van der Waals surface area contributed by atoms with Gasteiger partial charge in [0.1, 0.15) is 5.82 Å². The smallest absolute Gasteiger partial charge is 0.128 e. The van der Waals surface area contributed by atoms with Gasteiger partial charge in [0.25, 0.3) is 0 Å². The Labute approximate surface area is 107 Å². The molecule has 0 spiro atoms. The maximum atomic E-state index is 4.38. The Balaban J connectivity index is 2.61. The maximum Gasteiger partial charge on any atom is 0.128 e. The molecule has 1 aromatic heterocycles. The minimum atomic E-state index is 0.329. The van der Waals surface area contributed by atoms with Gasteiger partial charge < -0.3 is 5.32 Å². The molecular formula is C13H21BrN2. The van der Waals surface area contributed by atoms with E-state index in [2.05, 4.69) is 60.0 Å². The molecule has 90 valence electrons. The summed E-state index contributed by atoms with van der Waals surface area (Å²) in [4.78, 5) is 4.38. The maximum absolute atomic E-state index is 4.38. The molecule has 0 saturated heterocycles. The molecule has 1 rings (SSSR count). The number of rotatable bonds is 5. The van der Waals surface area contributed by atoms with Gasteiger partial charge in [0.15, 0.2) is 0 Å². The van der Waals surface area contributed by atoms with E-state index in [0.29, 0.717) is 5.41 Å². The van der Waals surface area contributed by atoms with Gasteiger partial charge in [0.05, 0.1) is 0 Å². The van der Waals surface area contributed by atoms with E-state index in [1.807, 2.05) is 6.20 Å². The van der Waals surface area contributed by atoms with Gasteiger partial charge in [-0.05, 0) is 46.3 Å². The summed E-state index contributed by atoms with van der Waals surface area (Å²) in [5.74, 6) is 0.993. The fourth-order valence-electron chi connectivity index (χ4n) is 1.81. The van der Waals surface area contributed by atoms with Crippen LogP contribution in [0.15, 0.2) is 16.7 Å². The minimum Gasteiger partial charge on any atom is -0.369 e. The number of hydrogen-bond acceptors (Lipinski definition) is 2. The standard InChI is InChI=1S/C13H21BrN2/c1-5-6-13(3,4)9-16-12-10(2)7-11(14)8-15-12/h7-8H,5-6,9H2,1-4H3,(H,15,16). The molecule has 0 aromatic carbocycles. The lowest BCUT2D eigenvalue weighted by Gasteiger charge is -2.25. The second kappa shape index (κ2) is 5.67. The van der Waals surface area contributed by atoms with Crippen molar-refractivity contribution in [2.24, 2.45) is 5.41 Å². The number of halogens is 1. The number of nitrogens with one attached hydrogen (secondary N) is 1. The average Bonchev–Trinajstić information content (AvgIpc) is 2.16. The number of anilines is 1. The molecular weight excluding hydrogens is 264 g/mol. The van der Waals surface area contributed by atoms with Gasteiger partial charge in [-0.15, -0.1) is 0 Å². The van der Waals surface area contributed by atoms with Gasteiger partial charge in [-0.25, -0.2) is 4.98 Å². The number of nitrogens with zero attached hydrogens (tertiary/aromatic N) is 1. The lowest BCUT2D eigenvalue weighted by molar-refractivity contribution is 0.354. The van der Waals surface area contributed by atoms with Crippen molar-refractivity contribution in [3.63, 3.8) is 0 Å². The first kappa shape index (κ1) is 13.5. The summed E-state index contributed by atoms with van der Waals surface area (Å²) in [5.41, 5.74) is 1.51. The molecule has 0 radical (unpaired) electrons. The summed E-state index contributed by atoms with van der Waals surface area (Å²) in [7, 11) is 0.